The highest BCUT2D eigenvalue weighted by Crippen LogP contribution is 2.33. The SMILES string of the molecule is C=CS(=O)(=O)C1(C)C=CC(N)=C(OC)C1. The molecule has 0 heterocycles. The molecule has 1 aliphatic rings. The van der Waals surface area contributed by atoms with Gasteiger partial charge < -0.3 is 10.5 Å². The van der Waals surface area contributed by atoms with Crippen molar-refractivity contribution in [2.75, 3.05) is 7.11 Å². The minimum atomic E-state index is -3.38. The molecule has 1 unspecified atom stereocenters. The molecule has 1 atom stereocenters. The Hall–Kier alpha value is -1.23. The van der Waals surface area contributed by atoms with E-state index in [9.17, 15) is 8.42 Å². The van der Waals surface area contributed by atoms with Crippen LogP contribution in [-0.2, 0) is 14.6 Å². The van der Waals surface area contributed by atoms with Crippen LogP contribution in [0.25, 0.3) is 0 Å². The summed E-state index contributed by atoms with van der Waals surface area (Å²) in [4.78, 5) is 0. The molecule has 0 saturated carbocycles. The number of rotatable bonds is 3. The summed E-state index contributed by atoms with van der Waals surface area (Å²) in [6.45, 7) is 4.93. The summed E-state index contributed by atoms with van der Waals surface area (Å²) in [5, 5.41) is 0.964. The smallest absolute Gasteiger partial charge is 0.180 e. The maximum Gasteiger partial charge on any atom is 0.180 e. The fourth-order valence-corrected chi connectivity index (χ4v) is 2.39. The van der Waals surface area contributed by atoms with Crippen LogP contribution in [0.2, 0.25) is 0 Å². The molecule has 5 heteroatoms. The van der Waals surface area contributed by atoms with E-state index >= 15 is 0 Å². The van der Waals surface area contributed by atoms with Crippen LogP contribution in [0.1, 0.15) is 13.3 Å². The average Bonchev–Trinajstić information content (AvgIpc) is 2.21. The molecule has 0 aromatic heterocycles. The fraction of sp³-hybridized carbons (Fsp3) is 0.400. The van der Waals surface area contributed by atoms with Crippen molar-refractivity contribution in [2.45, 2.75) is 18.1 Å². The van der Waals surface area contributed by atoms with Gasteiger partial charge in [-0.2, -0.15) is 0 Å². The Morgan fingerprint density at radius 3 is 2.73 bits per heavy atom. The Balaban J connectivity index is 3.16. The van der Waals surface area contributed by atoms with Crippen LogP contribution in [0, 0.1) is 0 Å². The van der Waals surface area contributed by atoms with Gasteiger partial charge in [-0.3, -0.25) is 0 Å². The summed E-state index contributed by atoms with van der Waals surface area (Å²) in [6, 6.07) is 0. The highest BCUT2D eigenvalue weighted by Gasteiger charge is 2.38. The number of methoxy groups -OCH3 is 1. The van der Waals surface area contributed by atoms with E-state index in [-0.39, 0.29) is 6.42 Å². The van der Waals surface area contributed by atoms with Crippen LogP contribution in [0.3, 0.4) is 0 Å². The second kappa shape index (κ2) is 3.73. The first kappa shape index (κ1) is 11.8. The van der Waals surface area contributed by atoms with Crippen LogP contribution in [-0.4, -0.2) is 20.3 Å². The highest BCUT2D eigenvalue weighted by molar-refractivity contribution is 7.95. The molecule has 0 amide bonds. The number of hydrogen-bond donors (Lipinski definition) is 1. The van der Waals surface area contributed by atoms with Crippen molar-refractivity contribution >= 4 is 9.84 Å². The van der Waals surface area contributed by atoms with Crippen LogP contribution in [0.4, 0.5) is 0 Å². The van der Waals surface area contributed by atoms with Crippen molar-refractivity contribution in [3.05, 3.63) is 35.6 Å². The van der Waals surface area contributed by atoms with Crippen LogP contribution < -0.4 is 5.73 Å². The van der Waals surface area contributed by atoms with Crippen molar-refractivity contribution in [2.24, 2.45) is 5.73 Å². The molecular formula is C10H15NO3S. The number of hydrogen-bond acceptors (Lipinski definition) is 4. The maximum atomic E-state index is 11.8. The van der Waals surface area contributed by atoms with Gasteiger partial charge in [0.25, 0.3) is 0 Å². The Kier molecular flexibility index (Phi) is 2.95. The van der Waals surface area contributed by atoms with E-state index in [1.54, 1.807) is 19.1 Å². The summed E-state index contributed by atoms with van der Waals surface area (Å²) in [6.07, 6.45) is 3.37. The van der Waals surface area contributed by atoms with E-state index in [0.717, 1.165) is 5.41 Å². The standard InChI is InChI=1S/C10H15NO3S/c1-4-15(12,13)10(2)6-5-8(11)9(7-10)14-3/h4-6H,1,7,11H2,2-3H3. The lowest BCUT2D eigenvalue weighted by atomic mass is 9.99. The zero-order valence-electron chi connectivity index (χ0n) is 8.86. The number of sulfone groups is 1. The predicted octanol–water partition coefficient (Wildman–Crippen LogP) is 1.08. The van der Waals surface area contributed by atoms with Gasteiger partial charge in [-0.1, -0.05) is 12.7 Å². The monoisotopic (exact) mass is 229 g/mol. The molecule has 2 N–H and O–H groups in total. The zero-order chi connectivity index (χ0) is 11.7. The summed E-state index contributed by atoms with van der Waals surface area (Å²) in [5.41, 5.74) is 6.11. The predicted molar refractivity (Wildman–Crippen MR) is 59.5 cm³/mol. The Morgan fingerprint density at radius 2 is 2.27 bits per heavy atom. The van der Waals surface area contributed by atoms with Crippen molar-refractivity contribution < 1.29 is 13.2 Å². The Bertz CT molecular complexity index is 434. The van der Waals surface area contributed by atoms with Gasteiger partial charge in [-0.05, 0) is 13.0 Å². The van der Waals surface area contributed by atoms with Crippen LogP contribution >= 0.6 is 0 Å². The molecule has 0 aromatic rings. The van der Waals surface area contributed by atoms with Gasteiger partial charge in [0.05, 0.1) is 17.6 Å². The number of nitrogens with two attached hydrogens (primary N) is 1. The zero-order valence-corrected chi connectivity index (χ0v) is 9.67. The van der Waals surface area contributed by atoms with E-state index in [2.05, 4.69) is 6.58 Å². The van der Waals surface area contributed by atoms with Gasteiger partial charge in [0.1, 0.15) is 5.76 Å². The van der Waals surface area contributed by atoms with Gasteiger partial charge in [-0.25, -0.2) is 8.42 Å². The maximum absolute atomic E-state index is 11.8. The molecular weight excluding hydrogens is 214 g/mol. The van der Waals surface area contributed by atoms with Gasteiger partial charge in [0, 0.05) is 11.8 Å². The average molecular weight is 229 g/mol. The minimum absolute atomic E-state index is 0.236. The normalized spacial score (nSPS) is 26.5. The first-order valence-corrected chi connectivity index (χ1v) is 6.00. The number of allylic oxidation sites excluding steroid dienone is 2. The first-order chi connectivity index (χ1) is 6.86. The fourth-order valence-electron chi connectivity index (χ4n) is 1.41. The highest BCUT2D eigenvalue weighted by atomic mass is 32.2. The molecule has 84 valence electrons. The van der Waals surface area contributed by atoms with E-state index in [1.807, 2.05) is 0 Å². The van der Waals surface area contributed by atoms with Gasteiger partial charge in [-0.15, -0.1) is 0 Å². The van der Waals surface area contributed by atoms with Gasteiger partial charge in [0.15, 0.2) is 9.84 Å². The summed E-state index contributed by atoms with van der Waals surface area (Å²) in [5.74, 6) is 0.491. The second-order valence-corrected chi connectivity index (χ2v) is 5.97. The molecule has 1 rings (SSSR count). The van der Waals surface area contributed by atoms with Crippen LogP contribution in [0.5, 0.6) is 0 Å². The van der Waals surface area contributed by atoms with E-state index in [0.29, 0.717) is 11.5 Å². The quantitative estimate of drug-likeness (QED) is 0.786. The topological polar surface area (TPSA) is 69.4 Å². The molecule has 0 fully saturated rings. The molecule has 0 radical (unpaired) electrons. The molecule has 0 spiro atoms. The molecule has 0 saturated heterocycles. The van der Waals surface area contributed by atoms with Gasteiger partial charge >= 0.3 is 0 Å². The summed E-state index contributed by atoms with van der Waals surface area (Å²) in [7, 11) is -1.91. The Morgan fingerprint density at radius 1 is 1.67 bits per heavy atom. The summed E-state index contributed by atoms with van der Waals surface area (Å²) >= 11 is 0. The summed E-state index contributed by atoms with van der Waals surface area (Å²) < 4.78 is 27.5. The second-order valence-electron chi connectivity index (χ2n) is 3.62. The largest absolute Gasteiger partial charge is 0.499 e. The molecule has 0 bridgehead atoms. The van der Waals surface area contributed by atoms with Crippen molar-refractivity contribution in [1.29, 1.82) is 0 Å². The lowest BCUT2D eigenvalue weighted by Gasteiger charge is -2.28. The lowest BCUT2D eigenvalue weighted by Crippen LogP contribution is -2.35. The molecule has 1 aliphatic carbocycles. The van der Waals surface area contributed by atoms with Crippen LogP contribution in [0.15, 0.2) is 35.6 Å². The minimum Gasteiger partial charge on any atom is -0.499 e. The first-order valence-electron chi connectivity index (χ1n) is 4.45. The van der Waals surface area contributed by atoms with Crippen molar-refractivity contribution in [1.82, 2.24) is 0 Å². The van der Waals surface area contributed by atoms with E-state index in [4.69, 9.17) is 10.5 Å². The Labute approximate surface area is 90.0 Å². The lowest BCUT2D eigenvalue weighted by molar-refractivity contribution is 0.265. The third kappa shape index (κ3) is 1.92. The molecule has 0 aromatic carbocycles. The molecule has 15 heavy (non-hydrogen) atoms. The third-order valence-corrected chi connectivity index (χ3v) is 4.58. The number of ether oxygens (including phenoxy) is 1. The van der Waals surface area contributed by atoms with E-state index in [1.165, 1.54) is 7.11 Å². The van der Waals surface area contributed by atoms with E-state index < -0.39 is 14.6 Å². The van der Waals surface area contributed by atoms with Crippen molar-refractivity contribution in [3.8, 4) is 0 Å². The van der Waals surface area contributed by atoms with Gasteiger partial charge in [0.2, 0.25) is 0 Å². The molecule has 4 nitrogen and oxygen atoms in total. The third-order valence-electron chi connectivity index (χ3n) is 2.56. The van der Waals surface area contributed by atoms with Crippen molar-refractivity contribution in [3.63, 3.8) is 0 Å². The molecule has 0 aliphatic heterocycles.